The molecule has 0 amide bonds. The summed E-state index contributed by atoms with van der Waals surface area (Å²) in [7, 11) is 3.44. The van der Waals surface area contributed by atoms with Crippen LogP contribution in [-0.4, -0.2) is 32.8 Å². The Bertz CT molecular complexity index is 687. The monoisotopic (exact) mass is 341 g/mol. The molecule has 2 rings (SSSR count). The predicted molar refractivity (Wildman–Crippen MR) is 102 cm³/mol. The first kappa shape index (κ1) is 18.6. The number of nitrogens with one attached hydrogen (secondary N) is 2. The molecule has 2 aromatic carbocycles. The van der Waals surface area contributed by atoms with Crippen molar-refractivity contribution in [2.75, 3.05) is 20.7 Å². The molecule has 0 heterocycles. The second-order valence-corrected chi connectivity index (χ2v) is 5.86. The lowest BCUT2D eigenvalue weighted by molar-refractivity contribution is 0.224. The zero-order chi connectivity index (χ0) is 18.1. The van der Waals surface area contributed by atoms with Crippen molar-refractivity contribution < 1.29 is 9.47 Å². The standard InChI is InChI=1S/C20H27N3O2/c1-15-10-11-17(19(12-15)24-4)14-23-20(21-3)22-13-16(2)25-18-8-6-5-7-9-18/h5-12,16H,13-14H2,1-4H3,(H2,21,22,23). The van der Waals surface area contributed by atoms with Gasteiger partial charge in [-0.15, -0.1) is 0 Å². The molecule has 0 aliphatic heterocycles. The fourth-order valence-electron chi connectivity index (χ4n) is 2.41. The minimum Gasteiger partial charge on any atom is -0.496 e. The van der Waals surface area contributed by atoms with Crippen LogP contribution in [0.5, 0.6) is 11.5 Å². The lowest BCUT2D eigenvalue weighted by atomic mass is 10.1. The summed E-state index contributed by atoms with van der Waals surface area (Å²) >= 11 is 0. The number of hydrogen-bond donors (Lipinski definition) is 2. The van der Waals surface area contributed by atoms with Crippen molar-refractivity contribution in [1.29, 1.82) is 0 Å². The molecule has 1 atom stereocenters. The lowest BCUT2D eigenvalue weighted by Crippen LogP contribution is -2.41. The van der Waals surface area contributed by atoms with Gasteiger partial charge < -0.3 is 20.1 Å². The normalized spacial score (nSPS) is 12.4. The van der Waals surface area contributed by atoms with Crippen LogP contribution in [0.15, 0.2) is 53.5 Å². The molecule has 2 N–H and O–H groups in total. The summed E-state index contributed by atoms with van der Waals surface area (Å²) in [4.78, 5) is 4.25. The molecule has 0 aliphatic rings. The van der Waals surface area contributed by atoms with Gasteiger partial charge in [0.2, 0.25) is 0 Å². The number of para-hydroxylation sites is 1. The van der Waals surface area contributed by atoms with Crippen LogP contribution < -0.4 is 20.1 Å². The van der Waals surface area contributed by atoms with Crippen molar-refractivity contribution in [2.24, 2.45) is 4.99 Å². The first-order chi connectivity index (χ1) is 12.1. The van der Waals surface area contributed by atoms with E-state index in [2.05, 4.69) is 27.8 Å². The highest BCUT2D eigenvalue weighted by Gasteiger charge is 2.07. The van der Waals surface area contributed by atoms with Crippen LogP contribution in [0.1, 0.15) is 18.1 Å². The van der Waals surface area contributed by atoms with E-state index in [1.165, 1.54) is 5.56 Å². The zero-order valence-electron chi connectivity index (χ0n) is 15.4. The molecule has 0 spiro atoms. The number of nitrogens with zero attached hydrogens (tertiary/aromatic N) is 1. The van der Waals surface area contributed by atoms with E-state index >= 15 is 0 Å². The lowest BCUT2D eigenvalue weighted by Gasteiger charge is -2.18. The number of methoxy groups -OCH3 is 1. The van der Waals surface area contributed by atoms with Crippen molar-refractivity contribution in [3.05, 3.63) is 59.7 Å². The second kappa shape index (κ2) is 9.57. The van der Waals surface area contributed by atoms with Gasteiger partial charge in [-0.05, 0) is 37.6 Å². The van der Waals surface area contributed by atoms with E-state index in [4.69, 9.17) is 9.47 Å². The van der Waals surface area contributed by atoms with E-state index in [0.717, 1.165) is 23.0 Å². The molecule has 0 fully saturated rings. The number of aryl methyl sites for hydroxylation is 1. The molecule has 1 unspecified atom stereocenters. The predicted octanol–water partition coefficient (Wildman–Crippen LogP) is 3.14. The highest BCUT2D eigenvalue weighted by Crippen LogP contribution is 2.19. The Kier molecular flexibility index (Phi) is 7.14. The molecule has 0 radical (unpaired) electrons. The zero-order valence-corrected chi connectivity index (χ0v) is 15.4. The Hall–Kier alpha value is -2.69. The van der Waals surface area contributed by atoms with Crippen LogP contribution >= 0.6 is 0 Å². The second-order valence-electron chi connectivity index (χ2n) is 5.86. The summed E-state index contributed by atoms with van der Waals surface area (Å²) in [6, 6.07) is 16.0. The average Bonchev–Trinajstić information content (AvgIpc) is 2.63. The van der Waals surface area contributed by atoms with E-state index in [1.807, 2.05) is 50.2 Å². The summed E-state index contributed by atoms with van der Waals surface area (Å²) in [5.74, 6) is 2.47. The molecule has 0 aliphatic carbocycles. The summed E-state index contributed by atoms with van der Waals surface area (Å²) in [6.45, 7) is 5.36. The topological polar surface area (TPSA) is 54.9 Å². The quantitative estimate of drug-likeness (QED) is 0.600. The third-order valence-corrected chi connectivity index (χ3v) is 3.75. The number of aliphatic imine (C=N–C) groups is 1. The van der Waals surface area contributed by atoms with Crippen LogP contribution in [0, 0.1) is 6.92 Å². The van der Waals surface area contributed by atoms with Crippen molar-refractivity contribution >= 4 is 5.96 Å². The maximum atomic E-state index is 5.86. The average molecular weight is 341 g/mol. The van der Waals surface area contributed by atoms with Gasteiger partial charge in [-0.2, -0.15) is 0 Å². The number of ether oxygens (including phenoxy) is 2. The SMILES string of the molecule is CN=C(NCc1ccc(C)cc1OC)NCC(C)Oc1ccccc1. The minimum atomic E-state index is 0.0230. The van der Waals surface area contributed by atoms with Crippen molar-refractivity contribution in [1.82, 2.24) is 10.6 Å². The van der Waals surface area contributed by atoms with E-state index in [9.17, 15) is 0 Å². The summed E-state index contributed by atoms with van der Waals surface area (Å²) < 4.78 is 11.3. The first-order valence-electron chi connectivity index (χ1n) is 8.42. The Morgan fingerprint density at radius 1 is 1.12 bits per heavy atom. The Labute approximate surface area is 150 Å². The van der Waals surface area contributed by atoms with E-state index in [0.29, 0.717) is 13.1 Å². The van der Waals surface area contributed by atoms with Gasteiger partial charge in [-0.1, -0.05) is 30.3 Å². The van der Waals surface area contributed by atoms with Gasteiger partial charge in [-0.3, -0.25) is 4.99 Å². The van der Waals surface area contributed by atoms with Gasteiger partial charge in [0.25, 0.3) is 0 Å². The van der Waals surface area contributed by atoms with Crippen LogP contribution in [0.2, 0.25) is 0 Å². The maximum absolute atomic E-state index is 5.86. The molecule has 5 nitrogen and oxygen atoms in total. The summed E-state index contributed by atoms with van der Waals surface area (Å²) in [5.41, 5.74) is 2.26. The van der Waals surface area contributed by atoms with Crippen molar-refractivity contribution in [3.8, 4) is 11.5 Å². The van der Waals surface area contributed by atoms with E-state index in [-0.39, 0.29) is 6.10 Å². The molecule has 0 saturated heterocycles. The third kappa shape index (κ3) is 6.03. The van der Waals surface area contributed by atoms with E-state index in [1.54, 1.807) is 14.2 Å². The van der Waals surface area contributed by atoms with E-state index < -0.39 is 0 Å². The largest absolute Gasteiger partial charge is 0.496 e. The molecule has 2 aromatic rings. The fourth-order valence-corrected chi connectivity index (χ4v) is 2.41. The van der Waals surface area contributed by atoms with Gasteiger partial charge in [0.1, 0.15) is 17.6 Å². The van der Waals surface area contributed by atoms with Gasteiger partial charge >= 0.3 is 0 Å². The van der Waals surface area contributed by atoms with Gasteiger partial charge in [-0.25, -0.2) is 0 Å². The Balaban J connectivity index is 1.83. The number of rotatable bonds is 7. The molecule has 5 heteroatoms. The summed E-state index contributed by atoms with van der Waals surface area (Å²) in [5, 5.41) is 6.58. The highest BCUT2D eigenvalue weighted by atomic mass is 16.5. The molecular weight excluding hydrogens is 314 g/mol. The number of benzene rings is 2. The van der Waals surface area contributed by atoms with Crippen molar-refractivity contribution in [3.63, 3.8) is 0 Å². The van der Waals surface area contributed by atoms with Gasteiger partial charge in [0.05, 0.1) is 13.7 Å². The minimum absolute atomic E-state index is 0.0230. The maximum Gasteiger partial charge on any atom is 0.191 e. The number of hydrogen-bond acceptors (Lipinski definition) is 3. The molecular formula is C20H27N3O2. The van der Waals surface area contributed by atoms with Gasteiger partial charge in [0.15, 0.2) is 5.96 Å². The highest BCUT2D eigenvalue weighted by molar-refractivity contribution is 5.79. The van der Waals surface area contributed by atoms with Crippen LogP contribution in [-0.2, 0) is 6.54 Å². The van der Waals surface area contributed by atoms with Crippen LogP contribution in [0.25, 0.3) is 0 Å². The Morgan fingerprint density at radius 3 is 2.56 bits per heavy atom. The Morgan fingerprint density at radius 2 is 1.88 bits per heavy atom. The summed E-state index contributed by atoms with van der Waals surface area (Å²) in [6.07, 6.45) is 0.0230. The molecule has 0 bridgehead atoms. The fraction of sp³-hybridized carbons (Fsp3) is 0.350. The van der Waals surface area contributed by atoms with Gasteiger partial charge in [0, 0.05) is 19.2 Å². The number of guanidine groups is 1. The third-order valence-electron chi connectivity index (χ3n) is 3.75. The smallest absolute Gasteiger partial charge is 0.191 e. The molecule has 0 aromatic heterocycles. The molecule has 25 heavy (non-hydrogen) atoms. The molecule has 134 valence electrons. The van der Waals surface area contributed by atoms with Crippen LogP contribution in [0.3, 0.4) is 0 Å². The van der Waals surface area contributed by atoms with Crippen molar-refractivity contribution in [2.45, 2.75) is 26.5 Å². The van der Waals surface area contributed by atoms with Crippen LogP contribution in [0.4, 0.5) is 0 Å². The first-order valence-corrected chi connectivity index (χ1v) is 8.42. The molecule has 0 saturated carbocycles.